The first-order chi connectivity index (χ1) is 9.72. The Bertz CT molecular complexity index is 376. The molecule has 0 spiro atoms. The number of hydrogen-bond acceptors (Lipinski definition) is 2. The van der Waals surface area contributed by atoms with Crippen molar-refractivity contribution < 1.29 is 0 Å². The number of nitrogens with zero attached hydrogens (tertiary/aromatic N) is 1. The first-order valence-corrected chi connectivity index (χ1v) is 8.18. The van der Waals surface area contributed by atoms with E-state index in [-0.39, 0.29) is 0 Å². The molecule has 1 aromatic carbocycles. The second-order valence-corrected chi connectivity index (χ2v) is 6.35. The average molecular weight is 274 g/mol. The molecule has 1 aromatic rings. The summed E-state index contributed by atoms with van der Waals surface area (Å²) in [5.74, 6) is 0.628. The van der Waals surface area contributed by atoms with Crippen LogP contribution in [0.1, 0.15) is 51.1 Å². The fourth-order valence-electron chi connectivity index (χ4n) is 3.52. The molecule has 1 aliphatic rings. The quantitative estimate of drug-likeness (QED) is 0.877. The molecule has 112 valence electrons. The van der Waals surface area contributed by atoms with Crippen LogP contribution < -0.4 is 5.32 Å². The molecule has 1 fully saturated rings. The molecule has 0 saturated carbocycles. The first-order valence-electron chi connectivity index (χ1n) is 8.18. The second kappa shape index (κ2) is 7.80. The molecular weight excluding hydrogens is 244 g/mol. The summed E-state index contributed by atoms with van der Waals surface area (Å²) in [7, 11) is 2.08. The van der Waals surface area contributed by atoms with Crippen LogP contribution in [0.2, 0.25) is 0 Å². The van der Waals surface area contributed by atoms with Gasteiger partial charge in [0.05, 0.1) is 0 Å². The van der Waals surface area contributed by atoms with Crippen molar-refractivity contribution in [1.82, 2.24) is 10.2 Å². The minimum absolute atomic E-state index is 0.451. The molecule has 0 bridgehead atoms. The van der Waals surface area contributed by atoms with E-state index < -0.39 is 0 Å². The minimum Gasteiger partial charge on any atom is -0.313 e. The summed E-state index contributed by atoms with van der Waals surface area (Å²) < 4.78 is 0. The molecule has 1 aliphatic heterocycles. The zero-order chi connectivity index (χ0) is 14.4. The van der Waals surface area contributed by atoms with E-state index >= 15 is 0 Å². The van der Waals surface area contributed by atoms with E-state index in [4.69, 9.17) is 0 Å². The lowest BCUT2D eigenvalue weighted by atomic mass is 9.93. The molecule has 1 N–H and O–H groups in total. The SMILES string of the molecule is CNC(c1ccccc1)C(C)CN1CCCCCC1C. The first kappa shape index (κ1) is 15.5. The van der Waals surface area contributed by atoms with E-state index in [0.29, 0.717) is 12.0 Å². The van der Waals surface area contributed by atoms with Crippen molar-refractivity contribution in [3.63, 3.8) is 0 Å². The largest absolute Gasteiger partial charge is 0.313 e. The normalized spacial score (nSPS) is 24.1. The van der Waals surface area contributed by atoms with Gasteiger partial charge in [0, 0.05) is 18.6 Å². The van der Waals surface area contributed by atoms with Crippen LogP contribution in [-0.2, 0) is 0 Å². The van der Waals surface area contributed by atoms with Crippen molar-refractivity contribution in [1.29, 1.82) is 0 Å². The highest BCUT2D eigenvalue weighted by Gasteiger charge is 2.23. The number of rotatable bonds is 5. The zero-order valence-corrected chi connectivity index (χ0v) is 13.3. The lowest BCUT2D eigenvalue weighted by Crippen LogP contribution is -2.39. The van der Waals surface area contributed by atoms with E-state index in [1.807, 2.05) is 0 Å². The number of benzene rings is 1. The third-order valence-corrected chi connectivity index (χ3v) is 4.75. The predicted octanol–water partition coefficient (Wildman–Crippen LogP) is 3.85. The number of hydrogen-bond donors (Lipinski definition) is 1. The van der Waals surface area contributed by atoms with Gasteiger partial charge < -0.3 is 10.2 Å². The minimum atomic E-state index is 0.451. The van der Waals surface area contributed by atoms with E-state index in [0.717, 1.165) is 6.04 Å². The lowest BCUT2D eigenvalue weighted by molar-refractivity contribution is 0.169. The number of nitrogens with one attached hydrogen (secondary N) is 1. The van der Waals surface area contributed by atoms with E-state index in [2.05, 4.69) is 61.4 Å². The Morgan fingerprint density at radius 1 is 1.20 bits per heavy atom. The molecular formula is C18H30N2. The van der Waals surface area contributed by atoms with Crippen molar-refractivity contribution >= 4 is 0 Å². The maximum atomic E-state index is 3.51. The van der Waals surface area contributed by atoms with Crippen LogP contribution in [-0.4, -0.2) is 31.1 Å². The third-order valence-electron chi connectivity index (χ3n) is 4.75. The maximum absolute atomic E-state index is 3.51. The lowest BCUT2D eigenvalue weighted by Gasteiger charge is -2.33. The van der Waals surface area contributed by atoms with Gasteiger partial charge in [0.2, 0.25) is 0 Å². The van der Waals surface area contributed by atoms with E-state index in [1.165, 1.54) is 44.3 Å². The van der Waals surface area contributed by atoms with Crippen LogP contribution in [0.15, 0.2) is 30.3 Å². The molecule has 3 atom stereocenters. The van der Waals surface area contributed by atoms with Gasteiger partial charge in [0.25, 0.3) is 0 Å². The fourth-order valence-corrected chi connectivity index (χ4v) is 3.52. The van der Waals surface area contributed by atoms with Crippen LogP contribution in [0, 0.1) is 5.92 Å². The summed E-state index contributed by atoms with van der Waals surface area (Å²) in [5, 5.41) is 3.51. The molecule has 1 heterocycles. The fraction of sp³-hybridized carbons (Fsp3) is 0.667. The van der Waals surface area contributed by atoms with Gasteiger partial charge in [-0.15, -0.1) is 0 Å². The van der Waals surface area contributed by atoms with Gasteiger partial charge in [-0.2, -0.15) is 0 Å². The van der Waals surface area contributed by atoms with E-state index in [1.54, 1.807) is 0 Å². The highest BCUT2D eigenvalue weighted by Crippen LogP contribution is 2.25. The maximum Gasteiger partial charge on any atom is 0.0355 e. The molecule has 3 unspecified atom stereocenters. The topological polar surface area (TPSA) is 15.3 Å². The Hall–Kier alpha value is -0.860. The van der Waals surface area contributed by atoms with Crippen molar-refractivity contribution in [3.05, 3.63) is 35.9 Å². The molecule has 0 radical (unpaired) electrons. The standard InChI is InChI=1S/C18H30N2/c1-15(14-20-13-9-5-6-10-16(20)2)18(19-3)17-11-7-4-8-12-17/h4,7-8,11-12,15-16,18-19H,5-6,9-10,13-14H2,1-3H3. The van der Waals surface area contributed by atoms with Gasteiger partial charge in [0.1, 0.15) is 0 Å². The molecule has 2 heteroatoms. The molecule has 1 saturated heterocycles. The highest BCUT2D eigenvalue weighted by atomic mass is 15.2. The summed E-state index contributed by atoms with van der Waals surface area (Å²) in [6.45, 7) is 7.25. The van der Waals surface area contributed by atoms with Crippen molar-refractivity contribution in [2.45, 2.75) is 51.6 Å². The summed E-state index contributed by atoms with van der Waals surface area (Å²) in [6, 6.07) is 12.0. The molecule has 2 nitrogen and oxygen atoms in total. The van der Waals surface area contributed by atoms with Gasteiger partial charge in [-0.3, -0.25) is 0 Å². The monoisotopic (exact) mass is 274 g/mol. The molecule has 2 rings (SSSR count). The van der Waals surface area contributed by atoms with Gasteiger partial charge >= 0.3 is 0 Å². The summed E-state index contributed by atoms with van der Waals surface area (Å²) in [4.78, 5) is 2.70. The zero-order valence-electron chi connectivity index (χ0n) is 13.3. The average Bonchev–Trinajstić information content (AvgIpc) is 2.66. The molecule has 0 amide bonds. The smallest absolute Gasteiger partial charge is 0.0355 e. The van der Waals surface area contributed by atoms with Crippen LogP contribution >= 0.6 is 0 Å². The Labute approximate surface area is 124 Å². The highest BCUT2D eigenvalue weighted by molar-refractivity contribution is 5.19. The molecule has 0 aromatic heterocycles. The van der Waals surface area contributed by atoms with Gasteiger partial charge in [-0.1, -0.05) is 50.1 Å². The summed E-state index contributed by atoms with van der Waals surface area (Å²) >= 11 is 0. The van der Waals surface area contributed by atoms with Crippen LogP contribution in [0.3, 0.4) is 0 Å². The Balaban J connectivity index is 1.99. The predicted molar refractivity (Wildman–Crippen MR) is 86.9 cm³/mol. The second-order valence-electron chi connectivity index (χ2n) is 6.35. The third kappa shape index (κ3) is 4.07. The van der Waals surface area contributed by atoms with Crippen LogP contribution in [0.25, 0.3) is 0 Å². The van der Waals surface area contributed by atoms with Crippen molar-refractivity contribution in [2.75, 3.05) is 20.1 Å². The molecule has 0 aliphatic carbocycles. The summed E-state index contributed by atoms with van der Waals surface area (Å²) in [5.41, 5.74) is 1.41. The van der Waals surface area contributed by atoms with Gasteiger partial charge in [-0.05, 0) is 44.8 Å². The van der Waals surface area contributed by atoms with E-state index in [9.17, 15) is 0 Å². The Morgan fingerprint density at radius 2 is 1.95 bits per heavy atom. The Morgan fingerprint density at radius 3 is 2.65 bits per heavy atom. The van der Waals surface area contributed by atoms with Crippen molar-refractivity contribution in [3.8, 4) is 0 Å². The van der Waals surface area contributed by atoms with Gasteiger partial charge in [0.15, 0.2) is 0 Å². The van der Waals surface area contributed by atoms with Crippen LogP contribution in [0.4, 0.5) is 0 Å². The van der Waals surface area contributed by atoms with Gasteiger partial charge in [-0.25, -0.2) is 0 Å². The van der Waals surface area contributed by atoms with Crippen LogP contribution in [0.5, 0.6) is 0 Å². The number of likely N-dealkylation sites (tertiary alicyclic amines) is 1. The Kier molecular flexibility index (Phi) is 6.06. The molecule has 20 heavy (non-hydrogen) atoms. The summed E-state index contributed by atoms with van der Waals surface area (Å²) in [6.07, 6.45) is 5.54. The van der Waals surface area contributed by atoms with Crippen molar-refractivity contribution in [2.24, 2.45) is 5.92 Å².